The van der Waals surface area contributed by atoms with Gasteiger partial charge in [-0.25, -0.2) is 0 Å². The molecule has 0 heterocycles. The smallest absolute Gasteiger partial charge is 0.000729 e. The lowest BCUT2D eigenvalue weighted by Crippen LogP contribution is -2.02. The summed E-state index contributed by atoms with van der Waals surface area (Å²) in [6, 6.07) is 11.6. The number of hydrogen-bond acceptors (Lipinski definition) is 0. The molecule has 0 nitrogen and oxygen atoms in total. The van der Waals surface area contributed by atoms with E-state index in [0.29, 0.717) is 0 Å². The van der Waals surface area contributed by atoms with Crippen molar-refractivity contribution in [1.29, 1.82) is 0 Å². The van der Waals surface area contributed by atoms with Crippen LogP contribution in [0.1, 0.15) is 60.9 Å². The van der Waals surface area contributed by atoms with Crippen LogP contribution in [0.3, 0.4) is 0 Å². The summed E-state index contributed by atoms with van der Waals surface area (Å²) in [5.74, 6) is 0. The molecule has 0 spiro atoms. The summed E-state index contributed by atoms with van der Waals surface area (Å²) in [5.41, 5.74) is 12.4. The third kappa shape index (κ3) is 2.45. The summed E-state index contributed by atoms with van der Waals surface area (Å²) >= 11 is 0. The number of hydrogen-bond donors (Lipinski definition) is 0. The van der Waals surface area contributed by atoms with E-state index in [1.807, 2.05) is 0 Å². The largest absolute Gasteiger partial charge is 0.0801 e. The Labute approximate surface area is 145 Å². The molecule has 24 heavy (non-hydrogen) atoms. The van der Waals surface area contributed by atoms with Gasteiger partial charge in [-0.1, -0.05) is 75.2 Å². The van der Waals surface area contributed by atoms with Gasteiger partial charge in [0.2, 0.25) is 0 Å². The molecule has 2 aliphatic rings. The minimum Gasteiger partial charge on any atom is -0.0801 e. The fraction of sp³-hybridized carbons (Fsp3) is 0.333. The van der Waals surface area contributed by atoms with Crippen LogP contribution < -0.4 is 0 Å². The maximum atomic E-state index is 2.53. The summed E-state index contributed by atoms with van der Waals surface area (Å²) < 4.78 is 0. The molecule has 2 aromatic rings. The maximum Gasteiger partial charge on any atom is -0.000729 e. The van der Waals surface area contributed by atoms with Crippen molar-refractivity contribution in [3.8, 4) is 11.1 Å². The molecule has 0 heteroatoms. The number of allylic oxidation sites excluding steroid dienone is 4. The average molecular weight is 314 g/mol. The molecule has 0 unspecified atom stereocenters. The molecule has 0 amide bonds. The Morgan fingerprint density at radius 2 is 1.79 bits per heavy atom. The van der Waals surface area contributed by atoms with Crippen molar-refractivity contribution in [1.82, 2.24) is 0 Å². The number of benzene rings is 2. The number of rotatable bonds is 5. The zero-order valence-electron chi connectivity index (χ0n) is 14.9. The van der Waals surface area contributed by atoms with E-state index in [4.69, 9.17) is 0 Å². The Morgan fingerprint density at radius 1 is 0.958 bits per heavy atom. The van der Waals surface area contributed by atoms with Gasteiger partial charge >= 0.3 is 0 Å². The number of aryl methyl sites for hydroxylation is 1. The second kappa shape index (κ2) is 6.43. The van der Waals surface area contributed by atoms with Crippen LogP contribution in [-0.4, -0.2) is 0 Å². The third-order valence-electron chi connectivity index (χ3n) is 5.43. The van der Waals surface area contributed by atoms with Crippen molar-refractivity contribution >= 4 is 5.57 Å². The summed E-state index contributed by atoms with van der Waals surface area (Å²) in [6.45, 7) is 4.60. The zero-order valence-corrected chi connectivity index (χ0v) is 14.9. The fourth-order valence-electron chi connectivity index (χ4n) is 4.40. The van der Waals surface area contributed by atoms with Gasteiger partial charge in [0.15, 0.2) is 0 Å². The Bertz CT molecular complexity index is 833. The van der Waals surface area contributed by atoms with Crippen molar-refractivity contribution in [2.45, 2.75) is 52.4 Å². The van der Waals surface area contributed by atoms with Crippen LogP contribution in [0.25, 0.3) is 16.7 Å². The van der Waals surface area contributed by atoms with Gasteiger partial charge in [0.05, 0.1) is 0 Å². The Hall–Kier alpha value is -2.08. The van der Waals surface area contributed by atoms with E-state index in [2.05, 4.69) is 62.4 Å². The van der Waals surface area contributed by atoms with Gasteiger partial charge in [0, 0.05) is 0 Å². The fourth-order valence-corrected chi connectivity index (χ4v) is 4.40. The lowest BCUT2D eigenvalue weighted by Gasteiger charge is -2.19. The van der Waals surface area contributed by atoms with Gasteiger partial charge in [0.25, 0.3) is 0 Å². The monoisotopic (exact) mass is 314 g/mol. The first-order valence-corrected chi connectivity index (χ1v) is 9.45. The van der Waals surface area contributed by atoms with Crippen LogP contribution in [0, 0.1) is 0 Å². The molecule has 0 N–H and O–H groups in total. The van der Waals surface area contributed by atoms with Crippen molar-refractivity contribution in [2.24, 2.45) is 0 Å². The lowest BCUT2D eigenvalue weighted by molar-refractivity contribution is 0.861. The van der Waals surface area contributed by atoms with Crippen molar-refractivity contribution in [2.75, 3.05) is 0 Å². The van der Waals surface area contributed by atoms with Gasteiger partial charge in [-0.15, -0.1) is 0 Å². The van der Waals surface area contributed by atoms with E-state index < -0.39 is 0 Å². The molecular weight excluding hydrogens is 288 g/mol. The third-order valence-corrected chi connectivity index (χ3v) is 5.43. The van der Waals surface area contributed by atoms with Crippen molar-refractivity contribution < 1.29 is 0 Å². The highest BCUT2D eigenvalue weighted by molar-refractivity contribution is 5.87. The molecule has 0 saturated heterocycles. The Kier molecular flexibility index (Phi) is 4.14. The van der Waals surface area contributed by atoms with Crippen LogP contribution in [-0.2, 0) is 19.3 Å². The summed E-state index contributed by atoms with van der Waals surface area (Å²) in [6.07, 6.45) is 13.8. The molecule has 0 aliphatic heterocycles. The molecule has 2 aromatic carbocycles. The summed E-state index contributed by atoms with van der Waals surface area (Å²) in [4.78, 5) is 0. The van der Waals surface area contributed by atoms with Crippen LogP contribution in [0.2, 0.25) is 0 Å². The second-order valence-electron chi connectivity index (χ2n) is 7.07. The minimum atomic E-state index is 1.08. The summed E-state index contributed by atoms with van der Waals surface area (Å²) in [7, 11) is 0. The maximum absolute atomic E-state index is 2.53. The molecule has 0 atom stereocenters. The molecule has 122 valence electrons. The van der Waals surface area contributed by atoms with Crippen LogP contribution in [0.15, 0.2) is 48.6 Å². The highest BCUT2D eigenvalue weighted by Gasteiger charge is 2.26. The number of fused-ring (bicyclic) bond motifs is 3. The molecule has 0 bridgehead atoms. The zero-order chi connectivity index (χ0) is 16.5. The molecule has 0 fully saturated rings. The van der Waals surface area contributed by atoms with Crippen LogP contribution in [0.5, 0.6) is 0 Å². The normalized spacial score (nSPS) is 14.7. The lowest BCUT2D eigenvalue weighted by atomic mass is 9.85. The SMILES string of the molecule is CCCc1cc(C2=CC=CC2)c2c(c1CCC)-c1ccccc1C2. The van der Waals surface area contributed by atoms with Crippen LogP contribution in [0.4, 0.5) is 0 Å². The van der Waals surface area contributed by atoms with Gasteiger partial charge < -0.3 is 0 Å². The first kappa shape index (κ1) is 15.4. The van der Waals surface area contributed by atoms with Gasteiger partial charge in [0.1, 0.15) is 0 Å². The molecule has 0 aromatic heterocycles. The van der Waals surface area contributed by atoms with E-state index >= 15 is 0 Å². The standard InChI is InChI=1S/C24H26/c1-3-9-18-15-22(17-11-5-6-12-17)23-16-19-13-7-8-14-21(19)24(23)20(18)10-4-2/h5-8,11,13-15H,3-4,9-10,12,16H2,1-2H3. The molecular formula is C24H26. The predicted molar refractivity (Wildman–Crippen MR) is 104 cm³/mol. The van der Waals surface area contributed by atoms with E-state index in [1.165, 1.54) is 47.9 Å². The van der Waals surface area contributed by atoms with Crippen molar-refractivity contribution in [3.63, 3.8) is 0 Å². The first-order chi connectivity index (χ1) is 11.8. The van der Waals surface area contributed by atoms with Crippen LogP contribution >= 0.6 is 0 Å². The van der Waals surface area contributed by atoms with Gasteiger partial charge in [-0.05, 0) is 70.2 Å². The molecule has 2 aliphatic carbocycles. The van der Waals surface area contributed by atoms with Gasteiger partial charge in [-0.2, -0.15) is 0 Å². The average Bonchev–Trinajstić information content (AvgIpc) is 3.24. The Balaban J connectivity index is 1.98. The highest BCUT2D eigenvalue weighted by Crippen LogP contribution is 2.45. The van der Waals surface area contributed by atoms with E-state index in [9.17, 15) is 0 Å². The summed E-state index contributed by atoms with van der Waals surface area (Å²) in [5, 5.41) is 0. The van der Waals surface area contributed by atoms with E-state index in [1.54, 1.807) is 22.3 Å². The first-order valence-electron chi connectivity index (χ1n) is 9.45. The minimum absolute atomic E-state index is 1.08. The topological polar surface area (TPSA) is 0 Å². The van der Waals surface area contributed by atoms with E-state index in [-0.39, 0.29) is 0 Å². The highest BCUT2D eigenvalue weighted by atomic mass is 14.3. The molecule has 4 rings (SSSR count). The van der Waals surface area contributed by atoms with Crippen molar-refractivity contribution in [3.05, 3.63) is 76.4 Å². The predicted octanol–water partition coefficient (Wildman–Crippen LogP) is 6.51. The van der Waals surface area contributed by atoms with E-state index in [0.717, 1.165) is 12.8 Å². The molecule has 0 saturated carbocycles. The molecule has 0 radical (unpaired) electrons. The quantitative estimate of drug-likeness (QED) is 0.504. The van der Waals surface area contributed by atoms with Gasteiger partial charge in [-0.3, -0.25) is 0 Å². The Morgan fingerprint density at radius 3 is 2.54 bits per heavy atom. The second-order valence-corrected chi connectivity index (χ2v) is 7.07.